The van der Waals surface area contributed by atoms with E-state index in [9.17, 15) is 9.59 Å². The van der Waals surface area contributed by atoms with Gasteiger partial charge in [-0.25, -0.2) is 0 Å². The van der Waals surface area contributed by atoms with Crippen LogP contribution in [0.4, 0.5) is 5.69 Å². The number of anilines is 1. The molecule has 1 aromatic carbocycles. The van der Waals surface area contributed by atoms with Crippen LogP contribution in [0.1, 0.15) is 30.6 Å². The molecule has 0 unspecified atom stereocenters. The standard InChI is InChI=1S/C13H17BrN2O3/c1-13(2,12(18)19)5-6-16-10-4-3-8(11(15)17)7-9(10)14/h3-4,7,16H,5-6H2,1-2H3,(H2,15,17)(H,18,19). The molecule has 0 aliphatic rings. The number of halogens is 1. The first-order chi connectivity index (χ1) is 8.74. The second-order valence-corrected chi connectivity index (χ2v) is 5.78. The highest BCUT2D eigenvalue weighted by atomic mass is 79.9. The molecule has 0 saturated carbocycles. The first kappa shape index (κ1) is 15.5. The smallest absolute Gasteiger partial charge is 0.309 e. The number of hydrogen-bond acceptors (Lipinski definition) is 3. The van der Waals surface area contributed by atoms with Crippen molar-refractivity contribution in [3.05, 3.63) is 28.2 Å². The Balaban J connectivity index is 2.64. The minimum Gasteiger partial charge on any atom is -0.481 e. The second kappa shape index (κ2) is 6.06. The molecule has 0 atom stereocenters. The molecule has 5 nitrogen and oxygen atoms in total. The summed E-state index contributed by atoms with van der Waals surface area (Å²) in [5.74, 6) is -1.31. The van der Waals surface area contributed by atoms with Crippen molar-refractivity contribution in [3.63, 3.8) is 0 Å². The average molecular weight is 329 g/mol. The molecule has 104 valence electrons. The third-order valence-corrected chi connectivity index (χ3v) is 3.55. The summed E-state index contributed by atoms with van der Waals surface area (Å²) in [5, 5.41) is 12.1. The quantitative estimate of drug-likeness (QED) is 0.747. The number of aliphatic carboxylic acids is 1. The van der Waals surface area contributed by atoms with E-state index in [1.807, 2.05) is 0 Å². The maximum atomic E-state index is 11.0. The van der Waals surface area contributed by atoms with E-state index in [1.54, 1.807) is 32.0 Å². The van der Waals surface area contributed by atoms with Crippen molar-refractivity contribution in [1.29, 1.82) is 0 Å². The molecule has 0 bridgehead atoms. The molecule has 1 rings (SSSR count). The summed E-state index contributed by atoms with van der Waals surface area (Å²) in [6.45, 7) is 3.89. The van der Waals surface area contributed by atoms with Crippen LogP contribution >= 0.6 is 15.9 Å². The van der Waals surface area contributed by atoms with Crippen LogP contribution in [0.25, 0.3) is 0 Å². The molecule has 0 radical (unpaired) electrons. The first-order valence-corrected chi connectivity index (χ1v) is 6.60. The zero-order valence-corrected chi connectivity index (χ0v) is 12.5. The lowest BCUT2D eigenvalue weighted by Crippen LogP contribution is -2.26. The van der Waals surface area contributed by atoms with E-state index >= 15 is 0 Å². The van der Waals surface area contributed by atoms with Crippen LogP contribution in [0.5, 0.6) is 0 Å². The zero-order chi connectivity index (χ0) is 14.6. The van der Waals surface area contributed by atoms with Gasteiger partial charge in [-0.05, 0) is 54.4 Å². The van der Waals surface area contributed by atoms with Crippen LogP contribution in [0.3, 0.4) is 0 Å². The molecule has 0 saturated heterocycles. The predicted octanol–water partition coefficient (Wildman–Crippen LogP) is 2.46. The Hall–Kier alpha value is -1.56. The second-order valence-electron chi connectivity index (χ2n) is 4.92. The SMILES string of the molecule is CC(C)(CCNc1ccc(C(N)=O)cc1Br)C(=O)O. The molecule has 0 aliphatic carbocycles. The summed E-state index contributed by atoms with van der Waals surface area (Å²) < 4.78 is 0.719. The van der Waals surface area contributed by atoms with Gasteiger partial charge >= 0.3 is 5.97 Å². The molecule has 19 heavy (non-hydrogen) atoms. The molecular formula is C13H17BrN2O3. The van der Waals surface area contributed by atoms with Crippen LogP contribution in [0, 0.1) is 5.41 Å². The Bertz CT molecular complexity index is 501. The number of rotatable bonds is 6. The van der Waals surface area contributed by atoms with Crippen molar-refractivity contribution in [2.75, 3.05) is 11.9 Å². The van der Waals surface area contributed by atoms with Crippen molar-refractivity contribution in [2.45, 2.75) is 20.3 Å². The van der Waals surface area contributed by atoms with Gasteiger partial charge in [0.25, 0.3) is 0 Å². The molecule has 0 aliphatic heterocycles. The highest BCUT2D eigenvalue weighted by Gasteiger charge is 2.26. The zero-order valence-electron chi connectivity index (χ0n) is 10.9. The third-order valence-electron chi connectivity index (χ3n) is 2.90. The number of carbonyl (C=O) groups excluding carboxylic acids is 1. The van der Waals surface area contributed by atoms with Crippen molar-refractivity contribution in [2.24, 2.45) is 11.1 Å². The summed E-state index contributed by atoms with van der Waals surface area (Å²) in [5.41, 5.74) is 5.62. The van der Waals surface area contributed by atoms with Gasteiger partial charge in [0.15, 0.2) is 0 Å². The van der Waals surface area contributed by atoms with Gasteiger partial charge in [-0.2, -0.15) is 0 Å². The van der Waals surface area contributed by atoms with Gasteiger partial charge < -0.3 is 16.2 Å². The molecule has 1 amide bonds. The van der Waals surface area contributed by atoms with E-state index in [-0.39, 0.29) is 0 Å². The fourth-order valence-electron chi connectivity index (χ4n) is 1.43. The maximum Gasteiger partial charge on any atom is 0.309 e. The molecule has 6 heteroatoms. The van der Waals surface area contributed by atoms with Crippen molar-refractivity contribution in [1.82, 2.24) is 0 Å². The van der Waals surface area contributed by atoms with Crippen LogP contribution in [0.15, 0.2) is 22.7 Å². The summed E-state index contributed by atoms with van der Waals surface area (Å²) in [4.78, 5) is 22.0. The summed E-state index contributed by atoms with van der Waals surface area (Å²) in [6, 6.07) is 4.99. The fourth-order valence-corrected chi connectivity index (χ4v) is 1.95. The minimum atomic E-state index is -0.822. The summed E-state index contributed by atoms with van der Waals surface area (Å²) in [6.07, 6.45) is 0.492. The van der Waals surface area contributed by atoms with Crippen molar-refractivity contribution < 1.29 is 14.7 Å². The predicted molar refractivity (Wildman–Crippen MR) is 77.2 cm³/mol. The Morgan fingerprint density at radius 3 is 2.53 bits per heavy atom. The Morgan fingerprint density at radius 2 is 2.05 bits per heavy atom. The van der Waals surface area contributed by atoms with Gasteiger partial charge in [-0.15, -0.1) is 0 Å². The number of amides is 1. The molecular weight excluding hydrogens is 312 g/mol. The molecule has 1 aromatic rings. The number of benzene rings is 1. The molecule has 4 N–H and O–H groups in total. The largest absolute Gasteiger partial charge is 0.481 e. The maximum absolute atomic E-state index is 11.0. The van der Waals surface area contributed by atoms with Gasteiger partial charge in [0.2, 0.25) is 5.91 Å². The number of carbonyl (C=O) groups is 2. The van der Waals surface area contributed by atoms with Crippen molar-refractivity contribution >= 4 is 33.5 Å². The van der Waals surface area contributed by atoms with E-state index < -0.39 is 17.3 Å². The lowest BCUT2D eigenvalue weighted by atomic mass is 9.90. The van der Waals surface area contributed by atoms with Gasteiger partial charge in [0.1, 0.15) is 0 Å². The number of hydrogen-bond donors (Lipinski definition) is 3. The monoisotopic (exact) mass is 328 g/mol. The lowest BCUT2D eigenvalue weighted by molar-refractivity contribution is -0.147. The number of nitrogens with two attached hydrogens (primary N) is 1. The number of nitrogens with one attached hydrogen (secondary N) is 1. The van der Waals surface area contributed by atoms with Gasteiger partial charge in [0.05, 0.1) is 5.41 Å². The third kappa shape index (κ3) is 4.24. The highest BCUT2D eigenvalue weighted by molar-refractivity contribution is 9.10. The van der Waals surface area contributed by atoms with Gasteiger partial charge in [-0.1, -0.05) is 0 Å². The van der Waals surface area contributed by atoms with E-state index in [1.165, 1.54) is 0 Å². The summed E-state index contributed by atoms with van der Waals surface area (Å²) in [7, 11) is 0. The Morgan fingerprint density at radius 1 is 1.42 bits per heavy atom. The molecule has 0 fully saturated rings. The molecule has 0 heterocycles. The normalized spacial score (nSPS) is 11.1. The summed E-state index contributed by atoms with van der Waals surface area (Å²) >= 11 is 3.34. The highest BCUT2D eigenvalue weighted by Crippen LogP contribution is 2.25. The number of primary amides is 1. The van der Waals surface area contributed by atoms with Gasteiger partial charge in [-0.3, -0.25) is 9.59 Å². The lowest BCUT2D eigenvalue weighted by Gasteiger charge is -2.19. The van der Waals surface area contributed by atoms with Crippen LogP contribution in [-0.4, -0.2) is 23.5 Å². The van der Waals surface area contributed by atoms with E-state index in [0.717, 1.165) is 10.2 Å². The van der Waals surface area contributed by atoms with Crippen LogP contribution in [0.2, 0.25) is 0 Å². The average Bonchev–Trinajstić information content (AvgIpc) is 2.30. The minimum absolute atomic E-state index is 0.420. The van der Waals surface area contributed by atoms with E-state index in [4.69, 9.17) is 10.8 Å². The van der Waals surface area contributed by atoms with Crippen LogP contribution in [-0.2, 0) is 4.79 Å². The topological polar surface area (TPSA) is 92.4 Å². The first-order valence-electron chi connectivity index (χ1n) is 5.80. The Kier molecular flexibility index (Phi) is 4.94. The fraction of sp³-hybridized carbons (Fsp3) is 0.385. The molecule has 0 spiro atoms. The van der Waals surface area contributed by atoms with Crippen LogP contribution < -0.4 is 11.1 Å². The van der Waals surface area contributed by atoms with Crippen molar-refractivity contribution in [3.8, 4) is 0 Å². The number of carboxylic acid groups (broad SMARTS) is 1. The molecule has 0 aromatic heterocycles. The number of carboxylic acids is 1. The van der Waals surface area contributed by atoms with E-state index in [2.05, 4.69) is 21.2 Å². The van der Waals surface area contributed by atoms with Gasteiger partial charge in [0, 0.05) is 22.3 Å². The Labute approximate surface area is 120 Å². The van der Waals surface area contributed by atoms with E-state index in [0.29, 0.717) is 18.5 Å².